The number of alkyl halides is 1. The van der Waals surface area contributed by atoms with Gasteiger partial charge in [-0.15, -0.1) is 0 Å². The van der Waals surface area contributed by atoms with E-state index in [0.29, 0.717) is 12.4 Å². The van der Waals surface area contributed by atoms with Crippen molar-refractivity contribution in [1.29, 1.82) is 0 Å². The van der Waals surface area contributed by atoms with E-state index in [4.69, 9.17) is 5.73 Å². The van der Waals surface area contributed by atoms with Gasteiger partial charge in [0.2, 0.25) is 0 Å². The molecule has 1 amide bonds. The smallest absolute Gasteiger partial charge is 0.255 e. The van der Waals surface area contributed by atoms with Gasteiger partial charge in [0.25, 0.3) is 5.91 Å². The van der Waals surface area contributed by atoms with E-state index in [2.05, 4.69) is 10.3 Å². The second kappa shape index (κ2) is 5.83. The Morgan fingerprint density at radius 1 is 1.59 bits per heavy atom. The zero-order valence-electron chi connectivity index (χ0n) is 9.40. The second-order valence-electron chi connectivity index (χ2n) is 3.49. The van der Waals surface area contributed by atoms with E-state index in [1.807, 2.05) is 0 Å². The van der Waals surface area contributed by atoms with Gasteiger partial charge in [-0.1, -0.05) is 6.07 Å². The molecule has 5 nitrogen and oxygen atoms in total. The largest absolute Gasteiger partial charge is 0.506 e. The first-order valence-electron chi connectivity index (χ1n) is 4.97. The quantitative estimate of drug-likeness (QED) is 0.419. The highest BCUT2D eigenvalue weighted by Gasteiger charge is 2.06. The number of hydrogen-bond donors (Lipinski definition) is 3. The van der Waals surface area contributed by atoms with Gasteiger partial charge in [-0.2, -0.15) is 0 Å². The average Bonchev–Trinajstić information content (AvgIpc) is 2.29. The lowest BCUT2D eigenvalue weighted by Crippen LogP contribution is -2.13. The number of rotatable bonds is 4. The van der Waals surface area contributed by atoms with Crippen molar-refractivity contribution in [3.05, 3.63) is 23.8 Å². The van der Waals surface area contributed by atoms with Gasteiger partial charge in [0.1, 0.15) is 5.75 Å². The van der Waals surface area contributed by atoms with Crippen LogP contribution < -0.4 is 11.1 Å². The number of halogens is 1. The summed E-state index contributed by atoms with van der Waals surface area (Å²) in [5.74, 6) is -0.489. The predicted octanol–water partition coefficient (Wildman–Crippen LogP) is 1.18. The van der Waals surface area contributed by atoms with Gasteiger partial charge < -0.3 is 16.2 Å². The van der Waals surface area contributed by atoms with Crippen LogP contribution in [0.25, 0.3) is 0 Å². The number of carbonyl (C=O) groups excluding carboxylic acids is 1. The fraction of sp³-hybridized carbons (Fsp3) is 0.273. The number of nitrogens with zero attached hydrogens (tertiary/aromatic N) is 1. The molecule has 0 unspecified atom stereocenters. The normalized spacial score (nSPS) is 11.3. The first kappa shape index (κ1) is 13.0. The van der Waals surface area contributed by atoms with E-state index in [9.17, 15) is 14.3 Å². The summed E-state index contributed by atoms with van der Waals surface area (Å²) in [5.41, 5.74) is 6.29. The number of hydrogen-bond acceptors (Lipinski definition) is 3. The molecular formula is C11H14FN3O2. The van der Waals surface area contributed by atoms with Crippen LogP contribution >= 0.6 is 0 Å². The van der Waals surface area contributed by atoms with Gasteiger partial charge >= 0.3 is 0 Å². The Morgan fingerprint density at radius 3 is 2.82 bits per heavy atom. The summed E-state index contributed by atoms with van der Waals surface area (Å²) >= 11 is 0. The number of phenolic OH excluding ortho intramolecular Hbond substituents is 1. The molecule has 0 aromatic heterocycles. The highest BCUT2D eigenvalue weighted by Crippen LogP contribution is 2.24. The summed E-state index contributed by atoms with van der Waals surface area (Å²) < 4.78 is 12.0. The van der Waals surface area contributed by atoms with Crippen molar-refractivity contribution in [3.63, 3.8) is 0 Å². The average molecular weight is 239 g/mol. The van der Waals surface area contributed by atoms with Crippen molar-refractivity contribution >= 4 is 17.4 Å². The summed E-state index contributed by atoms with van der Waals surface area (Å²) in [4.78, 5) is 14.8. The van der Waals surface area contributed by atoms with Crippen molar-refractivity contribution in [3.8, 4) is 5.75 Å². The zero-order chi connectivity index (χ0) is 12.8. The van der Waals surface area contributed by atoms with Crippen molar-refractivity contribution in [2.24, 2.45) is 10.7 Å². The monoisotopic (exact) mass is 239 g/mol. The van der Waals surface area contributed by atoms with Crippen LogP contribution in [-0.2, 0) is 11.3 Å². The molecule has 4 N–H and O–H groups in total. The maximum absolute atomic E-state index is 12.0. The summed E-state index contributed by atoms with van der Waals surface area (Å²) in [6, 6.07) is 4.60. The van der Waals surface area contributed by atoms with Crippen molar-refractivity contribution in [1.82, 2.24) is 0 Å². The first-order valence-corrected chi connectivity index (χ1v) is 4.97. The number of amides is 1. The van der Waals surface area contributed by atoms with Crippen LogP contribution in [0.2, 0.25) is 0 Å². The van der Waals surface area contributed by atoms with E-state index in [1.54, 1.807) is 13.0 Å². The number of aliphatic imine (C=N–C) groups is 1. The van der Waals surface area contributed by atoms with Gasteiger partial charge in [0, 0.05) is 0 Å². The molecule has 0 heterocycles. The summed E-state index contributed by atoms with van der Waals surface area (Å²) in [6.45, 7) is 0.876. The van der Waals surface area contributed by atoms with Gasteiger partial charge in [-0.3, -0.25) is 9.79 Å². The molecule has 0 fully saturated rings. The molecule has 1 aromatic rings. The molecule has 0 atom stereocenters. The molecule has 1 rings (SSSR count). The number of anilines is 1. The Labute approximate surface area is 98.2 Å². The number of carbonyl (C=O) groups is 1. The van der Waals surface area contributed by atoms with Gasteiger partial charge in [0.05, 0.1) is 18.1 Å². The van der Waals surface area contributed by atoms with E-state index in [1.165, 1.54) is 12.1 Å². The maximum atomic E-state index is 12.0. The molecule has 0 aliphatic rings. The number of nitrogens with one attached hydrogen (secondary N) is 1. The summed E-state index contributed by atoms with van der Waals surface area (Å²) in [5, 5.41) is 11.8. The van der Waals surface area contributed by atoms with Crippen LogP contribution in [-0.4, -0.2) is 23.5 Å². The Kier molecular flexibility index (Phi) is 4.45. The Morgan fingerprint density at radius 2 is 2.29 bits per heavy atom. The van der Waals surface area contributed by atoms with Gasteiger partial charge in [-0.25, -0.2) is 4.39 Å². The minimum atomic E-state index is -1.13. The number of amidine groups is 1. The topological polar surface area (TPSA) is 87.7 Å². The third kappa shape index (κ3) is 4.10. The second-order valence-corrected chi connectivity index (χ2v) is 3.49. The first-order chi connectivity index (χ1) is 8.02. The van der Waals surface area contributed by atoms with Crippen LogP contribution in [0.5, 0.6) is 5.75 Å². The van der Waals surface area contributed by atoms with E-state index in [-0.39, 0.29) is 11.4 Å². The van der Waals surface area contributed by atoms with E-state index < -0.39 is 12.6 Å². The summed E-state index contributed by atoms with van der Waals surface area (Å²) in [7, 11) is 0. The highest BCUT2D eigenvalue weighted by atomic mass is 19.1. The SMILES string of the molecule is CC(N)=NCc1ccc(NC(=O)CF)c(O)c1. The third-order valence-corrected chi connectivity index (χ3v) is 1.97. The van der Waals surface area contributed by atoms with Crippen molar-refractivity contribution in [2.45, 2.75) is 13.5 Å². The zero-order valence-corrected chi connectivity index (χ0v) is 9.40. The fourth-order valence-corrected chi connectivity index (χ4v) is 1.18. The molecule has 0 saturated carbocycles. The molecule has 0 spiro atoms. The van der Waals surface area contributed by atoms with Crippen LogP contribution in [0.1, 0.15) is 12.5 Å². The molecule has 0 saturated heterocycles. The molecule has 1 aromatic carbocycles. The van der Waals surface area contributed by atoms with Crippen LogP contribution in [0.4, 0.5) is 10.1 Å². The molecule has 0 bridgehead atoms. The Balaban J connectivity index is 2.79. The molecule has 0 aliphatic heterocycles. The molecule has 17 heavy (non-hydrogen) atoms. The summed E-state index contributed by atoms with van der Waals surface area (Å²) in [6.07, 6.45) is 0. The van der Waals surface area contributed by atoms with Crippen LogP contribution in [0.3, 0.4) is 0 Å². The standard InChI is InChI=1S/C11H14FN3O2/c1-7(13)14-6-8-2-3-9(10(16)4-8)15-11(17)5-12/h2-4,16H,5-6H2,1H3,(H2,13,14)(H,15,17). The molecule has 6 heteroatoms. The predicted molar refractivity (Wildman–Crippen MR) is 63.7 cm³/mol. The highest BCUT2D eigenvalue weighted by molar-refractivity contribution is 5.93. The van der Waals surface area contributed by atoms with Gasteiger partial charge in [-0.05, 0) is 24.6 Å². The Bertz CT molecular complexity index is 442. The van der Waals surface area contributed by atoms with E-state index in [0.717, 1.165) is 5.56 Å². The number of phenols is 1. The van der Waals surface area contributed by atoms with E-state index >= 15 is 0 Å². The van der Waals surface area contributed by atoms with Crippen LogP contribution in [0.15, 0.2) is 23.2 Å². The van der Waals surface area contributed by atoms with Crippen molar-refractivity contribution < 1.29 is 14.3 Å². The minimum Gasteiger partial charge on any atom is -0.506 e. The molecule has 92 valence electrons. The maximum Gasteiger partial charge on any atom is 0.255 e. The Hall–Kier alpha value is -2.11. The lowest BCUT2D eigenvalue weighted by molar-refractivity contribution is -0.117. The number of aromatic hydroxyl groups is 1. The molecular weight excluding hydrogens is 225 g/mol. The molecule has 0 radical (unpaired) electrons. The lowest BCUT2D eigenvalue weighted by atomic mass is 10.2. The minimum absolute atomic E-state index is 0.130. The number of benzene rings is 1. The third-order valence-electron chi connectivity index (χ3n) is 1.97. The van der Waals surface area contributed by atoms with Gasteiger partial charge in [0.15, 0.2) is 6.67 Å². The van der Waals surface area contributed by atoms with Crippen molar-refractivity contribution in [2.75, 3.05) is 12.0 Å². The van der Waals surface area contributed by atoms with Crippen LogP contribution in [0, 0.1) is 0 Å². The molecule has 0 aliphatic carbocycles. The fourth-order valence-electron chi connectivity index (χ4n) is 1.18. The lowest BCUT2D eigenvalue weighted by Gasteiger charge is -2.06. The number of nitrogens with two attached hydrogens (primary N) is 1.